The topological polar surface area (TPSA) is 73.0 Å². The van der Waals surface area contributed by atoms with Crippen LogP contribution in [0.5, 0.6) is 0 Å². The van der Waals surface area contributed by atoms with Crippen LogP contribution in [-0.4, -0.2) is 26.4 Å². The first-order chi connectivity index (χ1) is 12.1. The minimum absolute atomic E-state index is 0.0624. The molecule has 6 nitrogen and oxygen atoms in total. The van der Waals surface area contributed by atoms with Crippen LogP contribution < -0.4 is 5.32 Å². The molecule has 0 aliphatic rings. The third-order valence-corrected chi connectivity index (χ3v) is 4.82. The number of anilines is 1. The van der Waals surface area contributed by atoms with E-state index < -0.39 is 0 Å². The monoisotopic (exact) mass is 356 g/mol. The van der Waals surface area contributed by atoms with Crippen LogP contribution in [0, 0.1) is 13.8 Å². The second kappa shape index (κ2) is 7.57. The number of furan rings is 1. The van der Waals surface area contributed by atoms with Crippen molar-refractivity contribution >= 4 is 23.4 Å². The molecule has 0 radical (unpaired) electrons. The predicted molar refractivity (Wildman–Crippen MR) is 98.7 cm³/mol. The third-order valence-electron chi connectivity index (χ3n) is 3.85. The smallest absolute Gasteiger partial charge is 0.234 e. The summed E-state index contributed by atoms with van der Waals surface area (Å²) in [5.74, 6) is 1.54. The molecule has 3 aromatic rings. The van der Waals surface area contributed by atoms with E-state index in [0.29, 0.717) is 23.3 Å². The Bertz CT molecular complexity index is 851. The van der Waals surface area contributed by atoms with Crippen molar-refractivity contribution in [3.05, 3.63) is 47.7 Å². The van der Waals surface area contributed by atoms with Crippen molar-refractivity contribution in [3.8, 4) is 11.6 Å². The highest BCUT2D eigenvalue weighted by Gasteiger charge is 2.16. The normalized spacial score (nSPS) is 10.8. The van der Waals surface area contributed by atoms with Crippen LogP contribution in [0.2, 0.25) is 0 Å². The Kier molecular flexibility index (Phi) is 5.23. The molecule has 0 aliphatic carbocycles. The largest absolute Gasteiger partial charge is 0.461 e. The van der Waals surface area contributed by atoms with Gasteiger partial charge in [0.25, 0.3) is 0 Å². The lowest BCUT2D eigenvalue weighted by Gasteiger charge is -2.11. The number of aromatic nitrogens is 3. The number of nitrogens with zero attached hydrogens (tertiary/aromatic N) is 3. The van der Waals surface area contributed by atoms with E-state index in [-0.39, 0.29) is 11.7 Å². The van der Waals surface area contributed by atoms with Gasteiger partial charge < -0.3 is 9.73 Å². The number of benzene rings is 1. The van der Waals surface area contributed by atoms with Gasteiger partial charge in [0.15, 0.2) is 16.7 Å². The second-order valence-corrected chi connectivity index (χ2v) is 6.57. The van der Waals surface area contributed by atoms with Gasteiger partial charge in [-0.3, -0.25) is 9.36 Å². The summed E-state index contributed by atoms with van der Waals surface area (Å²) >= 11 is 1.36. The number of amides is 1. The van der Waals surface area contributed by atoms with Gasteiger partial charge >= 0.3 is 0 Å². The van der Waals surface area contributed by atoms with Gasteiger partial charge in [-0.15, -0.1) is 10.2 Å². The molecule has 3 rings (SSSR count). The Balaban J connectivity index is 1.69. The van der Waals surface area contributed by atoms with E-state index in [1.165, 1.54) is 11.8 Å². The lowest BCUT2D eigenvalue weighted by molar-refractivity contribution is -0.113. The van der Waals surface area contributed by atoms with Crippen molar-refractivity contribution in [2.75, 3.05) is 11.1 Å². The Labute approximate surface area is 150 Å². The summed E-state index contributed by atoms with van der Waals surface area (Å²) in [6, 6.07) is 9.61. The average Bonchev–Trinajstić information content (AvgIpc) is 3.25. The van der Waals surface area contributed by atoms with Gasteiger partial charge in [0.1, 0.15) is 0 Å². The molecule has 0 bridgehead atoms. The van der Waals surface area contributed by atoms with Crippen LogP contribution in [-0.2, 0) is 11.3 Å². The zero-order valence-corrected chi connectivity index (χ0v) is 15.3. The Morgan fingerprint density at radius 1 is 1.20 bits per heavy atom. The number of para-hydroxylation sites is 1. The van der Waals surface area contributed by atoms with Crippen molar-refractivity contribution in [1.29, 1.82) is 0 Å². The molecule has 0 spiro atoms. The van der Waals surface area contributed by atoms with E-state index >= 15 is 0 Å². The molecular formula is C18H20N4O2S. The summed E-state index contributed by atoms with van der Waals surface area (Å²) in [7, 11) is 0. The molecule has 25 heavy (non-hydrogen) atoms. The molecule has 7 heteroatoms. The van der Waals surface area contributed by atoms with E-state index in [9.17, 15) is 4.79 Å². The zero-order valence-electron chi connectivity index (χ0n) is 14.4. The maximum absolute atomic E-state index is 12.3. The minimum Gasteiger partial charge on any atom is -0.461 e. The highest BCUT2D eigenvalue weighted by atomic mass is 32.2. The summed E-state index contributed by atoms with van der Waals surface area (Å²) in [5.41, 5.74) is 2.98. The van der Waals surface area contributed by atoms with E-state index in [2.05, 4.69) is 15.5 Å². The molecule has 0 saturated carbocycles. The fourth-order valence-electron chi connectivity index (χ4n) is 2.59. The summed E-state index contributed by atoms with van der Waals surface area (Å²) < 4.78 is 7.33. The summed E-state index contributed by atoms with van der Waals surface area (Å²) in [6.45, 7) is 6.68. The number of nitrogens with one attached hydrogen (secondary N) is 1. The zero-order chi connectivity index (χ0) is 17.8. The van der Waals surface area contributed by atoms with Crippen molar-refractivity contribution in [3.63, 3.8) is 0 Å². The van der Waals surface area contributed by atoms with E-state index in [1.807, 2.05) is 55.7 Å². The first-order valence-electron chi connectivity index (χ1n) is 8.06. The van der Waals surface area contributed by atoms with Crippen LogP contribution in [0.4, 0.5) is 5.69 Å². The molecule has 0 unspecified atom stereocenters. The fourth-order valence-corrected chi connectivity index (χ4v) is 3.39. The maximum atomic E-state index is 12.3. The first-order valence-corrected chi connectivity index (χ1v) is 9.04. The van der Waals surface area contributed by atoms with Gasteiger partial charge in [0, 0.05) is 12.2 Å². The summed E-state index contributed by atoms with van der Waals surface area (Å²) in [6.07, 6.45) is 1.61. The number of aryl methyl sites for hydroxylation is 2. The van der Waals surface area contributed by atoms with Crippen LogP contribution >= 0.6 is 11.8 Å². The maximum Gasteiger partial charge on any atom is 0.234 e. The van der Waals surface area contributed by atoms with Gasteiger partial charge in [0.2, 0.25) is 5.91 Å². The van der Waals surface area contributed by atoms with E-state index in [0.717, 1.165) is 16.8 Å². The van der Waals surface area contributed by atoms with Gasteiger partial charge in [-0.25, -0.2) is 0 Å². The Morgan fingerprint density at radius 3 is 2.60 bits per heavy atom. The second-order valence-electron chi connectivity index (χ2n) is 5.63. The molecule has 0 aliphatic heterocycles. The number of hydrogen-bond acceptors (Lipinski definition) is 5. The number of thioether (sulfide) groups is 1. The molecule has 1 amide bonds. The van der Waals surface area contributed by atoms with Crippen LogP contribution in [0.25, 0.3) is 11.6 Å². The van der Waals surface area contributed by atoms with Gasteiger partial charge in [-0.05, 0) is 44.0 Å². The molecule has 1 aromatic carbocycles. The summed E-state index contributed by atoms with van der Waals surface area (Å²) in [5, 5.41) is 12.1. The SMILES string of the molecule is CCn1c(SCC(=O)Nc2c(C)cccc2C)nnc1-c1ccco1. The van der Waals surface area contributed by atoms with Crippen molar-refractivity contribution in [1.82, 2.24) is 14.8 Å². The minimum atomic E-state index is -0.0624. The molecular weight excluding hydrogens is 336 g/mol. The highest BCUT2D eigenvalue weighted by molar-refractivity contribution is 7.99. The summed E-state index contributed by atoms with van der Waals surface area (Å²) in [4.78, 5) is 12.3. The van der Waals surface area contributed by atoms with Crippen molar-refractivity contribution < 1.29 is 9.21 Å². The number of carbonyl (C=O) groups excluding carboxylic acids is 1. The third kappa shape index (κ3) is 3.76. The Morgan fingerprint density at radius 2 is 1.96 bits per heavy atom. The van der Waals surface area contributed by atoms with Gasteiger partial charge in [-0.1, -0.05) is 30.0 Å². The molecule has 0 saturated heterocycles. The van der Waals surface area contributed by atoms with Crippen LogP contribution in [0.15, 0.2) is 46.2 Å². The highest BCUT2D eigenvalue weighted by Crippen LogP contribution is 2.25. The lowest BCUT2D eigenvalue weighted by Crippen LogP contribution is -2.16. The van der Waals surface area contributed by atoms with Gasteiger partial charge in [-0.2, -0.15) is 0 Å². The molecule has 2 aromatic heterocycles. The van der Waals surface area contributed by atoms with Crippen LogP contribution in [0.1, 0.15) is 18.1 Å². The number of carbonyl (C=O) groups is 1. The lowest BCUT2D eigenvalue weighted by atomic mass is 10.1. The van der Waals surface area contributed by atoms with E-state index in [4.69, 9.17) is 4.42 Å². The molecule has 0 fully saturated rings. The molecule has 0 atom stereocenters. The standard InChI is InChI=1S/C18H20N4O2S/c1-4-22-17(14-9-6-10-24-14)20-21-18(22)25-11-15(23)19-16-12(2)7-5-8-13(16)3/h5-10H,4,11H2,1-3H3,(H,19,23). The first kappa shape index (κ1) is 17.3. The van der Waals surface area contributed by atoms with Crippen molar-refractivity contribution in [2.45, 2.75) is 32.5 Å². The van der Waals surface area contributed by atoms with Crippen molar-refractivity contribution in [2.24, 2.45) is 0 Å². The molecule has 130 valence electrons. The Hall–Kier alpha value is -2.54. The molecule has 1 N–H and O–H groups in total. The fraction of sp³-hybridized carbons (Fsp3) is 0.278. The van der Waals surface area contributed by atoms with E-state index in [1.54, 1.807) is 6.26 Å². The quantitative estimate of drug-likeness (QED) is 0.678. The van der Waals surface area contributed by atoms with Gasteiger partial charge in [0.05, 0.1) is 12.0 Å². The predicted octanol–water partition coefficient (Wildman–Crippen LogP) is 3.91. The van der Waals surface area contributed by atoms with Crippen LogP contribution in [0.3, 0.4) is 0 Å². The molecule has 2 heterocycles. The number of hydrogen-bond donors (Lipinski definition) is 1. The number of rotatable bonds is 6. The average molecular weight is 356 g/mol.